The zero-order chi connectivity index (χ0) is 37.5. The van der Waals surface area contributed by atoms with E-state index in [4.69, 9.17) is 37.9 Å². The summed E-state index contributed by atoms with van der Waals surface area (Å²) < 4.78 is 49.7. The van der Waals surface area contributed by atoms with E-state index in [-0.39, 0.29) is 36.8 Å². The lowest BCUT2D eigenvalue weighted by atomic mass is 9.44. The van der Waals surface area contributed by atoms with E-state index in [9.17, 15) is 14.7 Å². The molecule has 1 N–H and O–H groups in total. The number of nitrogens with zero attached hydrogens (tertiary/aromatic N) is 1. The molecule has 2 aromatic rings. The molecule has 5 fully saturated rings. The molecule has 53 heavy (non-hydrogen) atoms. The maximum atomic E-state index is 14.6. The Hall–Kier alpha value is -3.52. The first-order chi connectivity index (χ1) is 25.6. The predicted octanol–water partition coefficient (Wildman–Crippen LogP) is 3.79. The van der Waals surface area contributed by atoms with Crippen LogP contribution in [0.4, 0.5) is 0 Å². The number of carbonyl (C=O) groups is 2. The molecule has 13 atom stereocenters. The molecule has 1 saturated heterocycles. The average Bonchev–Trinajstić information content (AvgIpc) is 3.56. The Morgan fingerprint density at radius 3 is 2.02 bits per heavy atom. The van der Waals surface area contributed by atoms with Gasteiger partial charge in [0, 0.05) is 76.0 Å². The van der Waals surface area contributed by atoms with Gasteiger partial charge in [-0.05, 0) is 67.4 Å². The molecule has 12 nitrogen and oxygen atoms in total. The Balaban J connectivity index is 1.36. The highest BCUT2D eigenvalue weighted by atomic mass is 16.6. The summed E-state index contributed by atoms with van der Waals surface area (Å²) in [6.07, 6.45) is 2.13. The summed E-state index contributed by atoms with van der Waals surface area (Å²) in [4.78, 5) is 31.2. The SMILES string of the molecule is CCN1CC2(COC)C=C[C@H](OC)[C@@]34[C@@H]5C[C@]6(O)[C@@H](OC)C[C@](OC(=O)c7ccc(OC)cc7)([C@H]5[C@H]6OC(=O)c5ccc(OC)cc5)[C@@H]([C@@H](OC)[C@H]23)[C@@H]14. The number of ether oxygens (including phenoxy) is 8. The third-order valence-electron chi connectivity index (χ3n) is 14.1. The molecule has 4 saturated carbocycles. The average molecular weight is 734 g/mol. The van der Waals surface area contributed by atoms with E-state index in [2.05, 4.69) is 24.0 Å². The van der Waals surface area contributed by atoms with Crippen LogP contribution in [0.5, 0.6) is 11.5 Å². The highest BCUT2D eigenvalue weighted by Crippen LogP contribution is 2.80. The smallest absolute Gasteiger partial charge is 0.338 e. The van der Waals surface area contributed by atoms with Gasteiger partial charge in [0.15, 0.2) is 0 Å². The molecule has 12 heteroatoms. The first-order valence-corrected chi connectivity index (χ1v) is 18.5. The van der Waals surface area contributed by atoms with E-state index in [0.717, 1.165) is 6.54 Å². The van der Waals surface area contributed by atoms with Crippen LogP contribution in [-0.4, -0.2) is 126 Å². The number of hydrogen-bond acceptors (Lipinski definition) is 12. The summed E-state index contributed by atoms with van der Waals surface area (Å²) in [5.41, 5.74) is -3.34. The fourth-order valence-electron chi connectivity index (χ4n) is 12.6. The minimum atomic E-state index is -1.60. The van der Waals surface area contributed by atoms with Gasteiger partial charge in [-0.25, -0.2) is 9.59 Å². The summed E-state index contributed by atoms with van der Waals surface area (Å²) in [5, 5.41) is 13.0. The maximum Gasteiger partial charge on any atom is 0.338 e. The topological polar surface area (TPSA) is 131 Å². The van der Waals surface area contributed by atoms with Gasteiger partial charge in [0.2, 0.25) is 0 Å². The van der Waals surface area contributed by atoms with Crippen LogP contribution in [0.3, 0.4) is 0 Å². The van der Waals surface area contributed by atoms with Crippen LogP contribution in [0, 0.1) is 34.5 Å². The molecule has 2 aromatic carbocycles. The number of aliphatic hydroxyl groups is 1. The number of rotatable bonds is 12. The molecule has 8 rings (SSSR count). The van der Waals surface area contributed by atoms with Gasteiger partial charge in [-0.1, -0.05) is 19.1 Å². The fourth-order valence-corrected chi connectivity index (χ4v) is 12.6. The molecule has 1 aliphatic heterocycles. The van der Waals surface area contributed by atoms with Gasteiger partial charge < -0.3 is 43.0 Å². The molecule has 1 unspecified atom stereocenters. The van der Waals surface area contributed by atoms with Crippen LogP contribution in [0.15, 0.2) is 60.7 Å². The molecular weight excluding hydrogens is 682 g/mol. The zero-order valence-corrected chi connectivity index (χ0v) is 31.5. The van der Waals surface area contributed by atoms with Gasteiger partial charge in [0.1, 0.15) is 28.8 Å². The Morgan fingerprint density at radius 1 is 0.830 bits per heavy atom. The van der Waals surface area contributed by atoms with Gasteiger partial charge in [0.25, 0.3) is 0 Å². The molecule has 7 bridgehead atoms. The Morgan fingerprint density at radius 2 is 1.47 bits per heavy atom. The fraction of sp³-hybridized carbons (Fsp3) is 0.610. The highest BCUT2D eigenvalue weighted by molar-refractivity contribution is 5.90. The van der Waals surface area contributed by atoms with Crippen LogP contribution in [0.2, 0.25) is 0 Å². The number of carbonyl (C=O) groups excluding carboxylic acids is 2. The highest BCUT2D eigenvalue weighted by Gasteiger charge is 2.89. The summed E-state index contributed by atoms with van der Waals surface area (Å²) in [7, 11) is 9.88. The van der Waals surface area contributed by atoms with Crippen LogP contribution in [0.1, 0.15) is 40.5 Å². The van der Waals surface area contributed by atoms with E-state index < -0.39 is 64.1 Å². The van der Waals surface area contributed by atoms with Crippen molar-refractivity contribution in [3.8, 4) is 11.5 Å². The van der Waals surface area contributed by atoms with Gasteiger partial charge in [-0.15, -0.1) is 0 Å². The summed E-state index contributed by atoms with van der Waals surface area (Å²) in [6, 6.07) is 13.3. The van der Waals surface area contributed by atoms with Gasteiger partial charge in [-0.2, -0.15) is 0 Å². The van der Waals surface area contributed by atoms with Crippen molar-refractivity contribution in [2.45, 2.75) is 61.4 Å². The Labute approximate surface area is 310 Å². The zero-order valence-electron chi connectivity index (χ0n) is 31.5. The van der Waals surface area contributed by atoms with E-state index in [1.807, 2.05) is 0 Å². The Kier molecular flexibility index (Phi) is 8.98. The van der Waals surface area contributed by atoms with E-state index in [1.54, 1.807) is 91.2 Å². The minimum absolute atomic E-state index is 0.138. The van der Waals surface area contributed by atoms with Crippen molar-refractivity contribution in [3.05, 3.63) is 71.8 Å². The monoisotopic (exact) mass is 733 g/mol. The van der Waals surface area contributed by atoms with Crippen molar-refractivity contribution >= 4 is 11.9 Å². The lowest BCUT2D eigenvalue weighted by Gasteiger charge is -2.67. The second-order valence-corrected chi connectivity index (χ2v) is 15.8. The molecular formula is C41H51NO11. The van der Waals surface area contributed by atoms with Crippen LogP contribution in [0.25, 0.3) is 0 Å². The Bertz CT molecular complexity index is 1750. The van der Waals surface area contributed by atoms with Crippen molar-refractivity contribution in [1.82, 2.24) is 4.90 Å². The van der Waals surface area contributed by atoms with Crippen molar-refractivity contribution < 1.29 is 52.6 Å². The normalized spacial score (nSPS) is 41.5. The van der Waals surface area contributed by atoms with Gasteiger partial charge in [0.05, 0.1) is 50.3 Å². The molecule has 286 valence electrons. The molecule has 1 heterocycles. The van der Waals surface area contributed by atoms with Crippen molar-refractivity contribution in [1.29, 1.82) is 0 Å². The van der Waals surface area contributed by atoms with Gasteiger partial charge in [-0.3, -0.25) is 4.90 Å². The number of likely N-dealkylation sites (tertiary alicyclic amines) is 1. The van der Waals surface area contributed by atoms with E-state index >= 15 is 0 Å². The second-order valence-electron chi connectivity index (χ2n) is 15.8. The van der Waals surface area contributed by atoms with Crippen LogP contribution < -0.4 is 9.47 Å². The molecule has 0 radical (unpaired) electrons. The molecule has 0 amide bonds. The number of fused-ring (bicyclic) bond motifs is 2. The number of hydrogen-bond donors (Lipinski definition) is 1. The lowest BCUT2D eigenvalue weighted by Crippen LogP contribution is -2.77. The van der Waals surface area contributed by atoms with E-state index in [1.165, 1.54) is 0 Å². The predicted molar refractivity (Wildman–Crippen MR) is 191 cm³/mol. The van der Waals surface area contributed by atoms with Crippen LogP contribution >= 0.6 is 0 Å². The maximum absolute atomic E-state index is 14.6. The molecule has 0 aromatic heterocycles. The van der Waals surface area contributed by atoms with Crippen LogP contribution in [-0.2, 0) is 28.4 Å². The van der Waals surface area contributed by atoms with Crippen molar-refractivity contribution in [2.75, 3.05) is 62.4 Å². The molecule has 6 aliphatic rings. The van der Waals surface area contributed by atoms with E-state index in [0.29, 0.717) is 35.8 Å². The number of esters is 2. The first-order valence-electron chi connectivity index (χ1n) is 18.5. The number of methoxy groups -OCH3 is 6. The second kappa shape index (κ2) is 13.1. The standard InChI is InChI=1S/C41H51NO11/c1-8-42-21-38(22-46-2)18-17-28(49-5)41-27-19-39(45)29(50-6)20-40(31(34(41)42)32(51-7)33(38)41,53-37(44)24-11-15-26(48-4)16-12-24)30(27)35(39)52-36(43)23-9-13-25(47-3)14-10-23/h9-18,27-35,45H,8,19-22H2,1-7H3/t27-,28+,29+,30-,31+,32-,33-,34-,35-,38?,39+,40+,41+/m1/s1. The third-order valence-corrected chi connectivity index (χ3v) is 14.1. The minimum Gasteiger partial charge on any atom is -0.497 e. The molecule has 5 aliphatic carbocycles. The van der Waals surface area contributed by atoms with Gasteiger partial charge >= 0.3 is 11.9 Å². The first kappa shape index (κ1) is 36.5. The summed E-state index contributed by atoms with van der Waals surface area (Å²) in [6.45, 7) is 4.03. The lowest BCUT2D eigenvalue weighted by molar-refractivity contribution is -0.268. The molecule has 1 spiro atoms. The van der Waals surface area contributed by atoms with Crippen molar-refractivity contribution in [2.24, 2.45) is 34.5 Å². The third kappa shape index (κ3) is 4.75. The summed E-state index contributed by atoms with van der Waals surface area (Å²) >= 11 is 0. The number of benzene rings is 2. The number of piperidine rings is 1. The summed E-state index contributed by atoms with van der Waals surface area (Å²) in [5.74, 6) is -1.45. The van der Waals surface area contributed by atoms with Crippen molar-refractivity contribution in [3.63, 3.8) is 0 Å². The largest absolute Gasteiger partial charge is 0.497 e. The quantitative estimate of drug-likeness (QED) is 0.252.